The van der Waals surface area contributed by atoms with Crippen LogP contribution in [0.4, 0.5) is 0 Å². The van der Waals surface area contributed by atoms with Crippen LogP contribution in [-0.2, 0) is 6.42 Å². The van der Waals surface area contributed by atoms with E-state index in [-0.39, 0.29) is 5.56 Å². The van der Waals surface area contributed by atoms with Gasteiger partial charge in [-0.2, -0.15) is 0 Å². The van der Waals surface area contributed by atoms with Gasteiger partial charge in [0.2, 0.25) is 0 Å². The average Bonchev–Trinajstić information content (AvgIpc) is 3.22. The Hall–Kier alpha value is -2.57. The maximum atomic E-state index is 12.6. The topological polar surface area (TPSA) is 88.8 Å². The van der Waals surface area contributed by atoms with Crippen LogP contribution in [0.5, 0.6) is 0 Å². The van der Waals surface area contributed by atoms with Crippen molar-refractivity contribution < 1.29 is 0 Å². The highest BCUT2D eigenvalue weighted by Gasteiger charge is 2.25. The van der Waals surface area contributed by atoms with Crippen molar-refractivity contribution in [2.75, 3.05) is 0 Å². The predicted molar refractivity (Wildman–Crippen MR) is 85.2 cm³/mol. The quantitative estimate of drug-likeness (QED) is 0.800. The lowest BCUT2D eigenvalue weighted by molar-refractivity contribution is 0.639. The van der Waals surface area contributed by atoms with E-state index in [9.17, 15) is 4.79 Å². The lowest BCUT2D eigenvalue weighted by Gasteiger charge is -2.07. The highest BCUT2D eigenvalue weighted by Crippen LogP contribution is 2.33. The Morgan fingerprint density at radius 3 is 2.83 bits per heavy atom. The second kappa shape index (κ2) is 5.57. The fraction of sp³-hybridized carbons (Fsp3) is 0.438. The summed E-state index contributed by atoms with van der Waals surface area (Å²) in [6.45, 7) is 2.01. The van der Waals surface area contributed by atoms with Crippen LogP contribution in [0.2, 0.25) is 0 Å². The number of imidazole rings is 1. The summed E-state index contributed by atoms with van der Waals surface area (Å²) in [5.41, 5.74) is 1.75. The number of rotatable bonds is 3. The van der Waals surface area contributed by atoms with Crippen LogP contribution >= 0.6 is 0 Å². The van der Waals surface area contributed by atoms with E-state index in [4.69, 9.17) is 4.98 Å². The Morgan fingerprint density at radius 2 is 2.13 bits per heavy atom. The van der Waals surface area contributed by atoms with Gasteiger partial charge in [-0.15, -0.1) is 5.10 Å². The first-order valence-corrected chi connectivity index (χ1v) is 8.06. The number of nitrogens with one attached hydrogen (secondary N) is 1. The second-order valence-electron chi connectivity index (χ2n) is 5.91. The third kappa shape index (κ3) is 2.32. The molecule has 3 aromatic rings. The van der Waals surface area contributed by atoms with Crippen LogP contribution in [0.25, 0.3) is 17.0 Å². The molecule has 1 saturated carbocycles. The molecule has 0 aromatic carbocycles. The highest BCUT2D eigenvalue weighted by atomic mass is 16.1. The minimum absolute atomic E-state index is 0.172. The lowest BCUT2D eigenvalue weighted by atomic mass is 10.1. The number of nitrogens with zero attached hydrogens (tertiary/aromatic N) is 5. The van der Waals surface area contributed by atoms with Gasteiger partial charge >= 0.3 is 0 Å². The summed E-state index contributed by atoms with van der Waals surface area (Å²) < 4.78 is 1.73. The molecule has 0 atom stereocenters. The normalized spacial score (nSPS) is 15.5. The molecule has 1 aliphatic carbocycles. The van der Waals surface area contributed by atoms with E-state index in [1.54, 1.807) is 23.1 Å². The molecule has 1 N–H and O–H groups in total. The Balaban J connectivity index is 1.96. The van der Waals surface area contributed by atoms with Crippen LogP contribution in [-0.4, -0.2) is 29.5 Å². The minimum Gasteiger partial charge on any atom is -0.302 e. The number of hydrogen-bond donors (Lipinski definition) is 1. The molecular formula is C16H18N6O. The van der Waals surface area contributed by atoms with Crippen LogP contribution in [0.15, 0.2) is 23.4 Å². The van der Waals surface area contributed by atoms with E-state index in [1.807, 2.05) is 6.92 Å². The SMILES string of the molecule is CCc1nc(C2CCCC2)n2nc(-c3cnccn3)[nH]c(=O)c12. The molecule has 0 spiro atoms. The standard InChI is InChI=1S/C16H18N6O/c1-2-11-13-16(23)20-14(12-9-17-7-8-18-12)21-22(13)15(19-11)10-5-3-4-6-10/h7-10H,2-6H2,1H3,(H,20,21,23). The zero-order chi connectivity index (χ0) is 15.8. The number of fused-ring (bicyclic) bond motifs is 1. The third-order valence-corrected chi connectivity index (χ3v) is 4.46. The number of aryl methyl sites for hydroxylation is 1. The molecule has 0 radical (unpaired) electrons. The van der Waals surface area contributed by atoms with E-state index in [1.165, 1.54) is 12.8 Å². The molecule has 0 amide bonds. The maximum absolute atomic E-state index is 12.6. The third-order valence-electron chi connectivity index (χ3n) is 4.46. The molecule has 7 nitrogen and oxygen atoms in total. The van der Waals surface area contributed by atoms with Crippen LogP contribution < -0.4 is 5.56 Å². The average molecular weight is 310 g/mol. The summed E-state index contributed by atoms with van der Waals surface area (Å²) in [7, 11) is 0. The number of aromatic amines is 1. The van der Waals surface area contributed by atoms with Gasteiger partial charge in [-0.3, -0.25) is 9.78 Å². The molecule has 118 valence electrons. The number of H-pyrrole nitrogens is 1. The highest BCUT2D eigenvalue weighted by molar-refractivity contribution is 5.54. The molecule has 0 saturated heterocycles. The molecule has 7 heteroatoms. The largest absolute Gasteiger partial charge is 0.302 e. The first-order valence-electron chi connectivity index (χ1n) is 8.06. The second-order valence-corrected chi connectivity index (χ2v) is 5.91. The van der Waals surface area contributed by atoms with Gasteiger partial charge in [0.25, 0.3) is 5.56 Å². The molecule has 1 fully saturated rings. The van der Waals surface area contributed by atoms with Crippen molar-refractivity contribution in [1.29, 1.82) is 0 Å². The van der Waals surface area contributed by atoms with Crippen molar-refractivity contribution in [2.24, 2.45) is 0 Å². The molecule has 3 aromatic heterocycles. The Kier molecular flexibility index (Phi) is 3.40. The monoisotopic (exact) mass is 310 g/mol. The fourth-order valence-electron chi connectivity index (χ4n) is 3.33. The maximum Gasteiger partial charge on any atom is 0.277 e. The molecule has 0 bridgehead atoms. The van der Waals surface area contributed by atoms with Crippen molar-refractivity contribution in [2.45, 2.75) is 44.9 Å². The van der Waals surface area contributed by atoms with Gasteiger partial charge < -0.3 is 4.98 Å². The number of aromatic nitrogens is 6. The van der Waals surface area contributed by atoms with Gasteiger partial charge in [-0.25, -0.2) is 14.5 Å². The Labute approximate surface area is 132 Å². The summed E-state index contributed by atoms with van der Waals surface area (Å²) in [5.74, 6) is 1.72. The smallest absolute Gasteiger partial charge is 0.277 e. The zero-order valence-corrected chi connectivity index (χ0v) is 13.0. The van der Waals surface area contributed by atoms with Crippen molar-refractivity contribution in [3.8, 4) is 11.5 Å². The minimum atomic E-state index is -0.172. The molecule has 0 aliphatic heterocycles. The lowest BCUT2D eigenvalue weighted by Crippen LogP contribution is -2.16. The molecule has 3 heterocycles. The molecular weight excluding hydrogens is 292 g/mol. The van der Waals surface area contributed by atoms with Crippen molar-refractivity contribution in [1.82, 2.24) is 29.5 Å². The number of hydrogen-bond acceptors (Lipinski definition) is 5. The fourth-order valence-corrected chi connectivity index (χ4v) is 3.33. The van der Waals surface area contributed by atoms with E-state index in [0.717, 1.165) is 24.4 Å². The van der Waals surface area contributed by atoms with E-state index in [2.05, 4.69) is 20.1 Å². The van der Waals surface area contributed by atoms with Gasteiger partial charge in [0.15, 0.2) is 11.3 Å². The van der Waals surface area contributed by atoms with Gasteiger partial charge in [-0.1, -0.05) is 19.8 Å². The van der Waals surface area contributed by atoms with Crippen molar-refractivity contribution in [3.63, 3.8) is 0 Å². The molecule has 4 rings (SSSR count). The molecule has 23 heavy (non-hydrogen) atoms. The van der Waals surface area contributed by atoms with Crippen molar-refractivity contribution >= 4 is 5.52 Å². The van der Waals surface area contributed by atoms with Gasteiger partial charge in [0, 0.05) is 18.3 Å². The summed E-state index contributed by atoms with van der Waals surface area (Å²) in [4.78, 5) is 28.4. The Bertz CT molecular complexity index is 892. The van der Waals surface area contributed by atoms with E-state index < -0.39 is 0 Å². The van der Waals surface area contributed by atoms with Gasteiger partial charge in [0.1, 0.15) is 11.5 Å². The van der Waals surface area contributed by atoms with Crippen LogP contribution in [0.1, 0.15) is 50.0 Å². The first kappa shape index (κ1) is 14.0. The van der Waals surface area contributed by atoms with Crippen LogP contribution in [0.3, 0.4) is 0 Å². The van der Waals surface area contributed by atoms with Gasteiger partial charge in [0.05, 0.1) is 11.9 Å². The summed E-state index contributed by atoms with van der Waals surface area (Å²) in [6.07, 6.45) is 10.1. The summed E-state index contributed by atoms with van der Waals surface area (Å²) in [5, 5.41) is 4.62. The Morgan fingerprint density at radius 1 is 1.30 bits per heavy atom. The van der Waals surface area contributed by atoms with Crippen LogP contribution in [0, 0.1) is 0 Å². The molecule has 0 unspecified atom stereocenters. The van der Waals surface area contributed by atoms with E-state index >= 15 is 0 Å². The van der Waals surface area contributed by atoms with Gasteiger partial charge in [-0.05, 0) is 19.3 Å². The summed E-state index contributed by atoms with van der Waals surface area (Å²) >= 11 is 0. The predicted octanol–water partition coefficient (Wildman–Crippen LogP) is 2.09. The zero-order valence-electron chi connectivity index (χ0n) is 13.0. The summed E-state index contributed by atoms with van der Waals surface area (Å²) in [6, 6.07) is 0. The van der Waals surface area contributed by atoms with Crippen molar-refractivity contribution in [3.05, 3.63) is 40.5 Å². The van der Waals surface area contributed by atoms with E-state index in [0.29, 0.717) is 29.4 Å². The first-order chi connectivity index (χ1) is 11.3. The molecule has 1 aliphatic rings.